The van der Waals surface area contributed by atoms with Crippen molar-refractivity contribution in [2.45, 2.75) is 19.8 Å². The molecular formula is C18H18ClN3O2. The normalized spacial score (nSPS) is 10.9. The molecule has 0 unspecified atom stereocenters. The van der Waals surface area contributed by atoms with Crippen molar-refractivity contribution < 1.29 is 9.90 Å². The van der Waals surface area contributed by atoms with Gasteiger partial charge < -0.3 is 10.4 Å². The second kappa shape index (κ2) is 6.93. The zero-order chi connectivity index (χ0) is 17.1. The summed E-state index contributed by atoms with van der Waals surface area (Å²) >= 11 is 6.04. The van der Waals surface area contributed by atoms with Crippen LogP contribution in [-0.2, 0) is 12.8 Å². The molecule has 0 aliphatic heterocycles. The van der Waals surface area contributed by atoms with Crippen molar-refractivity contribution in [3.63, 3.8) is 0 Å². The third-order valence-corrected chi connectivity index (χ3v) is 4.06. The van der Waals surface area contributed by atoms with Crippen LogP contribution in [-0.4, -0.2) is 26.9 Å². The molecule has 1 amide bonds. The Balaban J connectivity index is 1.75. The Labute approximate surface area is 144 Å². The number of carbonyl (C=O) groups is 1. The first-order valence-electron chi connectivity index (χ1n) is 7.81. The number of halogens is 1. The maximum Gasteiger partial charge on any atom is 0.270 e. The second-order valence-electron chi connectivity index (χ2n) is 5.51. The Bertz CT molecular complexity index is 872. The minimum Gasteiger partial charge on any atom is -0.508 e. The summed E-state index contributed by atoms with van der Waals surface area (Å²) in [6, 6.07) is 10.5. The molecule has 0 aliphatic carbocycles. The maximum absolute atomic E-state index is 12.6. The summed E-state index contributed by atoms with van der Waals surface area (Å²) in [5.74, 6) is 0.0679. The molecule has 2 aromatic heterocycles. The summed E-state index contributed by atoms with van der Waals surface area (Å²) in [6.45, 7) is 2.47. The highest BCUT2D eigenvalue weighted by atomic mass is 35.5. The number of phenolic OH excluding ortho intramolecular Hbond substituents is 1. The van der Waals surface area contributed by atoms with Crippen molar-refractivity contribution in [2.75, 3.05) is 6.54 Å². The Morgan fingerprint density at radius 2 is 2.00 bits per heavy atom. The number of hydrogen-bond acceptors (Lipinski definition) is 3. The van der Waals surface area contributed by atoms with E-state index in [1.165, 1.54) is 0 Å². The lowest BCUT2D eigenvalue weighted by molar-refractivity contribution is 0.0947. The number of amides is 1. The molecule has 3 aromatic rings. The van der Waals surface area contributed by atoms with E-state index in [2.05, 4.69) is 10.3 Å². The number of pyridine rings is 1. The third kappa shape index (κ3) is 3.36. The molecular weight excluding hydrogens is 326 g/mol. The summed E-state index contributed by atoms with van der Waals surface area (Å²) in [6.07, 6.45) is 3.06. The van der Waals surface area contributed by atoms with Crippen LogP contribution in [0.25, 0.3) is 5.65 Å². The van der Waals surface area contributed by atoms with Crippen molar-refractivity contribution in [1.82, 2.24) is 14.7 Å². The van der Waals surface area contributed by atoms with Gasteiger partial charge in [-0.2, -0.15) is 0 Å². The molecule has 6 heteroatoms. The molecule has 124 valence electrons. The monoisotopic (exact) mass is 343 g/mol. The molecule has 0 fully saturated rings. The van der Waals surface area contributed by atoms with Crippen LogP contribution in [0.2, 0.25) is 5.02 Å². The second-order valence-corrected chi connectivity index (χ2v) is 5.94. The Morgan fingerprint density at radius 3 is 2.71 bits per heavy atom. The number of fused-ring (bicyclic) bond motifs is 1. The molecule has 0 radical (unpaired) electrons. The predicted octanol–water partition coefficient (Wildman–Crippen LogP) is 3.23. The molecule has 0 saturated heterocycles. The first-order valence-corrected chi connectivity index (χ1v) is 8.19. The molecule has 0 atom stereocenters. The number of rotatable bonds is 5. The summed E-state index contributed by atoms with van der Waals surface area (Å²) < 4.78 is 1.73. The number of hydrogen-bond donors (Lipinski definition) is 2. The molecule has 0 spiro atoms. The Hall–Kier alpha value is -2.53. The molecule has 0 saturated carbocycles. The van der Waals surface area contributed by atoms with E-state index in [0.717, 1.165) is 11.3 Å². The van der Waals surface area contributed by atoms with E-state index in [0.29, 0.717) is 35.8 Å². The van der Waals surface area contributed by atoms with Crippen LogP contribution >= 0.6 is 11.6 Å². The highest BCUT2D eigenvalue weighted by molar-refractivity contribution is 6.30. The average Bonchev–Trinajstić information content (AvgIpc) is 2.94. The number of nitrogens with zero attached hydrogens (tertiary/aromatic N) is 2. The maximum atomic E-state index is 12.6. The predicted molar refractivity (Wildman–Crippen MR) is 93.7 cm³/mol. The summed E-state index contributed by atoms with van der Waals surface area (Å²) in [5.41, 5.74) is 3.03. The van der Waals surface area contributed by atoms with Crippen LogP contribution < -0.4 is 5.32 Å². The lowest BCUT2D eigenvalue weighted by atomic mass is 10.1. The van der Waals surface area contributed by atoms with Gasteiger partial charge in [-0.05, 0) is 42.7 Å². The number of aromatic nitrogens is 2. The van der Waals surface area contributed by atoms with Gasteiger partial charge in [0.15, 0.2) is 0 Å². The van der Waals surface area contributed by atoms with Crippen LogP contribution in [0.5, 0.6) is 5.75 Å². The van der Waals surface area contributed by atoms with Crippen LogP contribution in [0.1, 0.15) is 28.7 Å². The van der Waals surface area contributed by atoms with Crippen molar-refractivity contribution in [2.24, 2.45) is 0 Å². The van der Waals surface area contributed by atoms with E-state index in [-0.39, 0.29) is 11.7 Å². The minimum atomic E-state index is -0.166. The molecule has 24 heavy (non-hydrogen) atoms. The van der Waals surface area contributed by atoms with E-state index in [9.17, 15) is 9.90 Å². The summed E-state index contributed by atoms with van der Waals surface area (Å²) in [5, 5.41) is 12.8. The van der Waals surface area contributed by atoms with E-state index in [4.69, 9.17) is 11.6 Å². The topological polar surface area (TPSA) is 66.6 Å². The number of aromatic hydroxyl groups is 1. The van der Waals surface area contributed by atoms with Gasteiger partial charge in [0.05, 0.1) is 10.7 Å². The SMILES string of the molecule is CCc1nc2ccc(Cl)cn2c1C(=O)NCCc1ccc(O)cc1. The summed E-state index contributed by atoms with van der Waals surface area (Å²) in [4.78, 5) is 17.1. The zero-order valence-corrected chi connectivity index (χ0v) is 14.0. The van der Waals surface area contributed by atoms with Gasteiger partial charge in [0.25, 0.3) is 5.91 Å². The highest BCUT2D eigenvalue weighted by Crippen LogP contribution is 2.17. The van der Waals surface area contributed by atoms with E-state index < -0.39 is 0 Å². The lowest BCUT2D eigenvalue weighted by Crippen LogP contribution is -2.27. The van der Waals surface area contributed by atoms with Gasteiger partial charge in [-0.1, -0.05) is 30.7 Å². The highest BCUT2D eigenvalue weighted by Gasteiger charge is 2.18. The van der Waals surface area contributed by atoms with Gasteiger partial charge in [0, 0.05) is 12.7 Å². The van der Waals surface area contributed by atoms with Gasteiger partial charge in [0.2, 0.25) is 0 Å². The van der Waals surface area contributed by atoms with E-state index in [1.807, 2.05) is 19.1 Å². The number of nitrogens with one attached hydrogen (secondary N) is 1. The quantitative estimate of drug-likeness (QED) is 0.747. The first-order chi connectivity index (χ1) is 11.6. The van der Waals surface area contributed by atoms with Crippen molar-refractivity contribution in [3.05, 3.63) is 64.6 Å². The molecule has 3 rings (SSSR count). The molecule has 5 nitrogen and oxygen atoms in total. The van der Waals surface area contributed by atoms with Crippen molar-refractivity contribution >= 4 is 23.2 Å². The Kier molecular flexibility index (Phi) is 4.71. The van der Waals surface area contributed by atoms with E-state index >= 15 is 0 Å². The van der Waals surface area contributed by atoms with Gasteiger partial charge in [-0.15, -0.1) is 0 Å². The fraction of sp³-hybridized carbons (Fsp3) is 0.222. The largest absolute Gasteiger partial charge is 0.508 e. The van der Waals surface area contributed by atoms with E-state index in [1.54, 1.807) is 34.9 Å². The molecule has 1 aromatic carbocycles. The molecule has 0 aliphatic rings. The molecule has 2 heterocycles. The van der Waals surface area contributed by atoms with Gasteiger partial charge in [-0.25, -0.2) is 4.98 Å². The minimum absolute atomic E-state index is 0.166. The number of phenols is 1. The molecule has 2 N–H and O–H groups in total. The molecule has 0 bridgehead atoms. The zero-order valence-electron chi connectivity index (χ0n) is 13.3. The average molecular weight is 344 g/mol. The first kappa shape index (κ1) is 16.3. The van der Waals surface area contributed by atoms with Crippen molar-refractivity contribution in [3.8, 4) is 5.75 Å². The number of imidazole rings is 1. The Morgan fingerprint density at radius 1 is 1.25 bits per heavy atom. The van der Waals surface area contributed by atoms with Crippen LogP contribution in [0.4, 0.5) is 0 Å². The lowest BCUT2D eigenvalue weighted by Gasteiger charge is -2.07. The van der Waals surface area contributed by atoms with Crippen LogP contribution in [0.15, 0.2) is 42.6 Å². The fourth-order valence-corrected chi connectivity index (χ4v) is 2.78. The number of aryl methyl sites for hydroxylation is 1. The van der Waals surface area contributed by atoms with Crippen LogP contribution in [0.3, 0.4) is 0 Å². The standard InChI is InChI=1S/C18H18ClN3O2/c1-2-15-17(22-11-13(19)5-8-16(22)21-15)18(24)20-10-9-12-3-6-14(23)7-4-12/h3-8,11,23H,2,9-10H2,1H3,(H,20,24). The number of carbonyl (C=O) groups excluding carboxylic acids is 1. The summed E-state index contributed by atoms with van der Waals surface area (Å²) in [7, 11) is 0. The van der Waals surface area contributed by atoms with Crippen LogP contribution in [0, 0.1) is 0 Å². The smallest absolute Gasteiger partial charge is 0.270 e. The third-order valence-electron chi connectivity index (χ3n) is 3.84. The number of benzene rings is 1. The van der Waals surface area contributed by atoms with Gasteiger partial charge in [-0.3, -0.25) is 9.20 Å². The van der Waals surface area contributed by atoms with Gasteiger partial charge in [0.1, 0.15) is 17.1 Å². The van der Waals surface area contributed by atoms with Gasteiger partial charge >= 0.3 is 0 Å². The van der Waals surface area contributed by atoms with Crippen molar-refractivity contribution in [1.29, 1.82) is 0 Å². The fourth-order valence-electron chi connectivity index (χ4n) is 2.62.